The molecule has 0 spiro atoms. The van der Waals surface area contributed by atoms with Crippen LogP contribution in [0.15, 0.2) is 17.0 Å². The van der Waals surface area contributed by atoms with Gasteiger partial charge in [0.05, 0.1) is 23.1 Å². The minimum absolute atomic E-state index is 0.000602. The van der Waals surface area contributed by atoms with Crippen molar-refractivity contribution in [2.24, 2.45) is 0 Å². The molecule has 1 aromatic rings. The van der Waals surface area contributed by atoms with E-state index in [1.807, 2.05) is 0 Å². The van der Waals surface area contributed by atoms with Gasteiger partial charge in [0.2, 0.25) is 0 Å². The van der Waals surface area contributed by atoms with E-state index in [-0.39, 0.29) is 16.0 Å². The third kappa shape index (κ3) is 1.86. The molecule has 0 aromatic heterocycles. The van der Waals surface area contributed by atoms with E-state index >= 15 is 0 Å². The summed E-state index contributed by atoms with van der Waals surface area (Å²) >= 11 is 3.79. The molecule has 0 amide bonds. The number of thiol groups is 1. The SMILES string of the molecule is COC(=O)c1cc(F)c(S)c(C#N)c1. The number of carbonyl (C=O) groups excluding carboxylic acids is 1. The van der Waals surface area contributed by atoms with Crippen molar-refractivity contribution in [3.63, 3.8) is 0 Å². The normalized spacial score (nSPS) is 9.29. The molecule has 0 aliphatic rings. The molecule has 3 nitrogen and oxygen atoms in total. The molecule has 0 aliphatic carbocycles. The zero-order valence-electron chi connectivity index (χ0n) is 7.24. The van der Waals surface area contributed by atoms with Crippen molar-refractivity contribution in [2.45, 2.75) is 4.90 Å². The number of hydrogen-bond donors (Lipinski definition) is 1. The second-order valence-electron chi connectivity index (χ2n) is 2.46. The van der Waals surface area contributed by atoms with Crippen LogP contribution in [0.1, 0.15) is 15.9 Å². The van der Waals surface area contributed by atoms with Crippen molar-refractivity contribution in [3.05, 3.63) is 29.1 Å². The molecule has 0 saturated heterocycles. The number of methoxy groups -OCH3 is 1. The summed E-state index contributed by atoms with van der Waals surface area (Å²) in [5, 5.41) is 8.60. The molecule has 72 valence electrons. The molecule has 0 saturated carbocycles. The minimum Gasteiger partial charge on any atom is -0.465 e. The molecule has 0 unspecified atom stereocenters. The fourth-order valence-corrected chi connectivity index (χ4v) is 1.10. The summed E-state index contributed by atoms with van der Waals surface area (Å²) in [5.74, 6) is -1.40. The quantitative estimate of drug-likeness (QED) is 0.569. The fourth-order valence-electron chi connectivity index (χ4n) is 0.920. The molecule has 0 heterocycles. The van der Waals surface area contributed by atoms with Gasteiger partial charge in [0.15, 0.2) is 0 Å². The number of rotatable bonds is 1. The summed E-state index contributed by atoms with van der Waals surface area (Å²) in [6.45, 7) is 0. The Hall–Kier alpha value is -1.54. The third-order valence-corrected chi connectivity index (χ3v) is 2.06. The number of hydrogen-bond acceptors (Lipinski definition) is 4. The number of esters is 1. The van der Waals surface area contributed by atoms with E-state index in [1.165, 1.54) is 13.2 Å². The van der Waals surface area contributed by atoms with E-state index in [1.54, 1.807) is 6.07 Å². The van der Waals surface area contributed by atoms with Gasteiger partial charge in [-0.05, 0) is 12.1 Å². The Labute approximate surface area is 85.5 Å². The standard InChI is InChI=1S/C9H6FNO2S/c1-13-9(12)5-2-6(4-11)8(14)7(10)3-5/h2-3,14H,1H3. The Morgan fingerprint density at radius 1 is 1.64 bits per heavy atom. The van der Waals surface area contributed by atoms with Crippen LogP contribution in [0.2, 0.25) is 0 Å². The van der Waals surface area contributed by atoms with E-state index in [0.717, 1.165) is 6.07 Å². The lowest BCUT2D eigenvalue weighted by atomic mass is 10.1. The summed E-state index contributed by atoms with van der Waals surface area (Å²) in [6, 6.07) is 3.95. The average Bonchev–Trinajstić information content (AvgIpc) is 2.20. The second kappa shape index (κ2) is 4.11. The minimum atomic E-state index is -0.715. The maximum atomic E-state index is 13.1. The maximum Gasteiger partial charge on any atom is 0.337 e. The molecule has 0 fully saturated rings. The first-order valence-corrected chi connectivity index (χ1v) is 4.05. The molecule has 0 bridgehead atoms. The Balaban J connectivity index is 3.32. The van der Waals surface area contributed by atoms with Gasteiger partial charge >= 0.3 is 5.97 Å². The van der Waals surface area contributed by atoms with E-state index in [4.69, 9.17) is 5.26 Å². The molecule has 0 radical (unpaired) electrons. The number of halogens is 1. The van der Waals surface area contributed by atoms with Gasteiger partial charge in [0.25, 0.3) is 0 Å². The first kappa shape index (κ1) is 10.5. The highest BCUT2D eigenvalue weighted by atomic mass is 32.1. The van der Waals surface area contributed by atoms with Crippen LogP contribution < -0.4 is 0 Å². The van der Waals surface area contributed by atoms with Crippen molar-refractivity contribution >= 4 is 18.6 Å². The fraction of sp³-hybridized carbons (Fsp3) is 0.111. The van der Waals surface area contributed by atoms with Crippen LogP contribution in [0.3, 0.4) is 0 Å². The van der Waals surface area contributed by atoms with Crippen LogP contribution >= 0.6 is 12.6 Å². The molecular weight excluding hydrogens is 205 g/mol. The smallest absolute Gasteiger partial charge is 0.337 e. The highest BCUT2D eigenvalue weighted by Gasteiger charge is 2.12. The number of benzene rings is 1. The number of nitrogens with zero attached hydrogens (tertiary/aromatic N) is 1. The van der Waals surface area contributed by atoms with Crippen LogP contribution in [0.4, 0.5) is 4.39 Å². The van der Waals surface area contributed by atoms with Crippen molar-refractivity contribution in [1.29, 1.82) is 5.26 Å². The Kier molecular flexibility index (Phi) is 3.10. The summed E-state index contributed by atoms with van der Waals surface area (Å²) in [7, 11) is 1.18. The average molecular weight is 211 g/mol. The summed E-state index contributed by atoms with van der Waals surface area (Å²) in [4.78, 5) is 11.0. The maximum absolute atomic E-state index is 13.1. The van der Waals surface area contributed by atoms with Crippen LogP contribution in [0.25, 0.3) is 0 Å². The highest BCUT2D eigenvalue weighted by Crippen LogP contribution is 2.19. The van der Waals surface area contributed by atoms with Gasteiger partial charge in [-0.1, -0.05) is 0 Å². The summed E-state index contributed by atoms with van der Waals surface area (Å²) < 4.78 is 17.5. The Morgan fingerprint density at radius 2 is 2.29 bits per heavy atom. The van der Waals surface area contributed by atoms with Gasteiger partial charge in [0.1, 0.15) is 11.9 Å². The lowest BCUT2D eigenvalue weighted by molar-refractivity contribution is 0.0600. The molecule has 14 heavy (non-hydrogen) atoms. The Morgan fingerprint density at radius 3 is 2.79 bits per heavy atom. The predicted octanol–water partition coefficient (Wildman–Crippen LogP) is 1.77. The topological polar surface area (TPSA) is 50.1 Å². The molecule has 0 atom stereocenters. The molecule has 5 heteroatoms. The van der Waals surface area contributed by atoms with Crippen molar-refractivity contribution in [2.75, 3.05) is 7.11 Å². The molecule has 0 aliphatic heterocycles. The van der Waals surface area contributed by atoms with E-state index in [0.29, 0.717) is 0 Å². The lowest BCUT2D eigenvalue weighted by Crippen LogP contribution is -2.03. The van der Waals surface area contributed by atoms with Crippen LogP contribution in [0.5, 0.6) is 0 Å². The van der Waals surface area contributed by atoms with Crippen molar-refractivity contribution in [1.82, 2.24) is 0 Å². The largest absolute Gasteiger partial charge is 0.465 e. The van der Waals surface area contributed by atoms with E-state index < -0.39 is 11.8 Å². The number of nitriles is 1. The van der Waals surface area contributed by atoms with Gasteiger partial charge < -0.3 is 4.74 Å². The zero-order valence-corrected chi connectivity index (χ0v) is 8.14. The zero-order chi connectivity index (χ0) is 10.7. The first-order valence-electron chi connectivity index (χ1n) is 3.61. The van der Waals surface area contributed by atoms with Crippen LogP contribution in [-0.4, -0.2) is 13.1 Å². The monoisotopic (exact) mass is 211 g/mol. The van der Waals surface area contributed by atoms with Crippen LogP contribution in [-0.2, 0) is 4.74 Å². The van der Waals surface area contributed by atoms with E-state index in [9.17, 15) is 9.18 Å². The Bertz CT molecular complexity index is 426. The lowest BCUT2D eigenvalue weighted by Gasteiger charge is -2.02. The van der Waals surface area contributed by atoms with Crippen molar-refractivity contribution in [3.8, 4) is 6.07 Å². The third-order valence-electron chi connectivity index (χ3n) is 1.60. The summed E-state index contributed by atoms with van der Waals surface area (Å²) in [5.41, 5.74) is 0.00748. The number of carbonyl (C=O) groups is 1. The van der Waals surface area contributed by atoms with Crippen LogP contribution in [0, 0.1) is 17.1 Å². The van der Waals surface area contributed by atoms with E-state index in [2.05, 4.69) is 17.4 Å². The van der Waals surface area contributed by atoms with Gasteiger partial charge in [-0.2, -0.15) is 5.26 Å². The van der Waals surface area contributed by atoms with Crippen molar-refractivity contribution < 1.29 is 13.9 Å². The molecule has 0 N–H and O–H groups in total. The predicted molar refractivity (Wildman–Crippen MR) is 49.7 cm³/mol. The van der Waals surface area contributed by atoms with Gasteiger partial charge in [-0.25, -0.2) is 9.18 Å². The highest BCUT2D eigenvalue weighted by molar-refractivity contribution is 7.80. The van der Waals surface area contributed by atoms with Gasteiger partial charge in [-0.3, -0.25) is 0 Å². The first-order chi connectivity index (χ1) is 6.60. The second-order valence-corrected chi connectivity index (χ2v) is 2.90. The molecular formula is C9H6FNO2S. The van der Waals surface area contributed by atoms with Gasteiger partial charge in [0, 0.05) is 0 Å². The van der Waals surface area contributed by atoms with Gasteiger partial charge in [-0.15, -0.1) is 12.6 Å². The molecule has 1 aromatic carbocycles. The summed E-state index contributed by atoms with van der Waals surface area (Å²) in [6.07, 6.45) is 0. The number of ether oxygens (including phenoxy) is 1. The molecule has 1 rings (SSSR count).